The van der Waals surface area contributed by atoms with Crippen molar-refractivity contribution in [2.75, 3.05) is 24.5 Å². The van der Waals surface area contributed by atoms with E-state index in [0.29, 0.717) is 19.6 Å². The van der Waals surface area contributed by atoms with Gasteiger partial charge in [-0.3, -0.25) is 9.36 Å². The van der Waals surface area contributed by atoms with E-state index in [1.54, 1.807) is 12.5 Å². The Morgan fingerprint density at radius 3 is 2.33 bits per heavy atom. The third-order valence-electron chi connectivity index (χ3n) is 5.61. The minimum atomic E-state index is 0.0698. The highest BCUT2D eigenvalue weighted by Gasteiger charge is 2.29. The zero-order valence-electron chi connectivity index (χ0n) is 16.7. The number of hydrogen-bond donors (Lipinski definition) is 0. The van der Waals surface area contributed by atoms with E-state index < -0.39 is 0 Å². The summed E-state index contributed by atoms with van der Waals surface area (Å²) in [5.74, 6) is 1.69. The largest absolute Gasteiger partial charge is 0.351 e. The maximum absolute atomic E-state index is 12.9. The fourth-order valence-corrected chi connectivity index (χ4v) is 4.08. The van der Waals surface area contributed by atoms with Crippen molar-refractivity contribution >= 4 is 22.5 Å². The molecule has 2 aromatic carbocycles. The van der Waals surface area contributed by atoms with E-state index in [-0.39, 0.29) is 11.9 Å². The van der Waals surface area contributed by atoms with Gasteiger partial charge in [-0.25, -0.2) is 4.98 Å². The molecule has 2 aromatic heterocycles. The van der Waals surface area contributed by atoms with Gasteiger partial charge in [0.2, 0.25) is 0 Å². The van der Waals surface area contributed by atoms with Gasteiger partial charge in [0.05, 0.1) is 0 Å². The molecule has 1 amide bonds. The summed E-state index contributed by atoms with van der Waals surface area (Å²) in [5, 5.41) is 11.1. The van der Waals surface area contributed by atoms with Crippen LogP contribution in [0, 0.1) is 0 Å². The van der Waals surface area contributed by atoms with Gasteiger partial charge in [0.1, 0.15) is 6.33 Å². The first kappa shape index (κ1) is 18.3. The molecule has 1 fully saturated rings. The summed E-state index contributed by atoms with van der Waals surface area (Å²) in [6.07, 6.45) is 5.33. The molecule has 4 aromatic rings. The Bertz CT molecular complexity index is 1180. The van der Waals surface area contributed by atoms with E-state index in [1.165, 1.54) is 0 Å². The number of benzene rings is 2. The van der Waals surface area contributed by atoms with Crippen LogP contribution in [0.3, 0.4) is 0 Å². The first-order chi connectivity index (χ1) is 14.7. The Kier molecular flexibility index (Phi) is 4.63. The maximum atomic E-state index is 12.9. The zero-order valence-corrected chi connectivity index (χ0v) is 16.7. The predicted octanol–water partition coefficient (Wildman–Crippen LogP) is 3.17. The molecule has 1 aliphatic rings. The second-order valence-corrected chi connectivity index (χ2v) is 7.52. The molecule has 1 saturated heterocycles. The van der Waals surface area contributed by atoms with Crippen LogP contribution in [0.25, 0.3) is 16.6 Å². The number of carbonyl (C=O) groups is 1. The van der Waals surface area contributed by atoms with Crippen LogP contribution in [0.1, 0.15) is 17.3 Å². The molecule has 1 unspecified atom stereocenters. The van der Waals surface area contributed by atoms with E-state index in [1.807, 2.05) is 58.1 Å². The van der Waals surface area contributed by atoms with Gasteiger partial charge in [-0.05, 0) is 19.1 Å². The Morgan fingerprint density at radius 1 is 0.933 bits per heavy atom. The van der Waals surface area contributed by atoms with Gasteiger partial charge >= 0.3 is 0 Å². The number of amides is 1. The molecule has 1 aliphatic heterocycles. The van der Waals surface area contributed by atoms with Crippen molar-refractivity contribution in [1.29, 1.82) is 0 Å². The van der Waals surface area contributed by atoms with Gasteiger partial charge in [-0.15, -0.1) is 10.2 Å². The topological polar surface area (TPSA) is 67.2 Å². The number of aromatic nitrogens is 4. The first-order valence-corrected chi connectivity index (χ1v) is 10.1. The van der Waals surface area contributed by atoms with Crippen molar-refractivity contribution in [2.45, 2.75) is 13.0 Å². The van der Waals surface area contributed by atoms with Crippen LogP contribution in [0.5, 0.6) is 0 Å². The molecule has 5 rings (SSSR count). The zero-order chi connectivity index (χ0) is 20.5. The third-order valence-corrected chi connectivity index (χ3v) is 5.61. The highest BCUT2D eigenvalue weighted by atomic mass is 16.2. The quantitative estimate of drug-likeness (QED) is 0.530. The summed E-state index contributed by atoms with van der Waals surface area (Å²) in [6, 6.07) is 17.7. The molecule has 30 heavy (non-hydrogen) atoms. The number of piperazine rings is 1. The molecule has 0 bridgehead atoms. The minimum absolute atomic E-state index is 0.0698. The second-order valence-electron chi connectivity index (χ2n) is 7.52. The molecule has 1 atom stereocenters. The number of rotatable bonds is 3. The summed E-state index contributed by atoms with van der Waals surface area (Å²) in [5.41, 5.74) is 0.729. The minimum Gasteiger partial charge on any atom is -0.351 e. The van der Waals surface area contributed by atoms with Crippen LogP contribution in [0.15, 0.2) is 73.3 Å². The number of nitrogens with zero attached hydrogens (tertiary/aromatic N) is 6. The molecule has 0 radical (unpaired) electrons. The van der Waals surface area contributed by atoms with Gasteiger partial charge in [-0.1, -0.05) is 42.5 Å². The number of carbonyl (C=O) groups excluding carboxylic acids is 1. The second kappa shape index (κ2) is 7.59. The van der Waals surface area contributed by atoms with Crippen LogP contribution < -0.4 is 4.90 Å². The average Bonchev–Trinajstić information content (AvgIpc) is 3.33. The van der Waals surface area contributed by atoms with Crippen LogP contribution in [-0.2, 0) is 0 Å². The molecule has 7 nitrogen and oxygen atoms in total. The lowest BCUT2D eigenvalue weighted by atomic mass is 10.1. The van der Waals surface area contributed by atoms with Crippen LogP contribution >= 0.6 is 0 Å². The monoisotopic (exact) mass is 398 g/mol. The van der Waals surface area contributed by atoms with E-state index in [2.05, 4.69) is 39.1 Å². The molecule has 0 N–H and O–H groups in total. The predicted molar refractivity (Wildman–Crippen MR) is 116 cm³/mol. The Hall–Kier alpha value is -3.74. The lowest BCUT2D eigenvalue weighted by molar-refractivity contribution is 0.0674. The molecule has 0 saturated carbocycles. The molecule has 3 heterocycles. The van der Waals surface area contributed by atoms with E-state index in [0.717, 1.165) is 28.0 Å². The maximum Gasteiger partial charge on any atom is 0.254 e. The Morgan fingerprint density at radius 2 is 1.63 bits per heavy atom. The first-order valence-electron chi connectivity index (χ1n) is 10.1. The third kappa shape index (κ3) is 3.18. The van der Waals surface area contributed by atoms with Gasteiger partial charge < -0.3 is 9.80 Å². The summed E-state index contributed by atoms with van der Waals surface area (Å²) < 4.78 is 1.87. The van der Waals surface area contributed by atoms with Crippen molar-refractivity contribution in [3.05, 3.63) is 78.9 Å². The number of fused-ring (bicyclic) bond motifs is 1. The smallest absolute Gasteiger partial charge is 0.254 e. The Labute approximate surface area is 174 Å². The van der Waals surface area contributed by atoms with Gasteiger partial charge in [0.25, 0.3) is 5.91 Å². The van der Waals surface area contributed by atoms with Crippen LogP contribution in [0.2, 0.25) is 0 Å². The lowest BCUT2D eigenvalue weighted by Gasteiger charge is -2.40. The number of hydrogen-bond acceptors (Lipinski definition) is 5. The Balaban J connectivity index is 1.44. The highest BCUT2D eigenvalue weighted by Crippen LogP contribution is 2.29. The standard InChI is InChI=1S/C23H22N6O/c1-17-15-27(13-14-29(17)23(30)18-7-3-2-4-8-18)21-19-9-5-6-10-20(19)22(26-25-21)28-12-11-24-16-28/h2-12,16-17H,13-15H2,1H3. The summed E-state index contributed by atoms with van der Waals surface area (Å²) in [4.78, 5) is 21.2. The molecular formula is C23H22N6O. The number of imidazole rings is 1. The normalized spacial score (nSPS) is 16.8. The van der Waals surface area contributed by atoms with E-state index in [9.17, 15) is 4.79 Å². The van der Waals surface area contributed by atoms with Crippen molar-refractivity contribution in [3.8, 4) is 5.82 Å². The summed E-state index contributed by atoms with van der Waals surface area (Å²) in [6.45, 7) is 4.16. The molecule has 7 heteroatoms. The average molecular weight is 398 g/mol. The van der Waals surface area contributed by atoms with Gasteiger partial charge in [0, 0.05) is 54.4 Å². The SMILES string of the molecule is CC1CN(c2nnc(-n3ccnc3)c3ccccc23)CCN1C(=O)c1ccccc1. The van der Waals surface area contributed by atoms with E-state index in [4.69, 9.17) is 0 Å². The van der Waals surface area contributed by atoms with Crippen molar-refractivity contribution in [1.82, 2.24) is 24.6 Å². The van der Waals surface area contributed by atoms with Crippen LogP contribution in [-0.4, -0.2) is 56.2 Å². The molecule has 0 spiro atoms. The van der Waals surface area contributed by atoms with Crippen LogP contribution in [0.4, 0.5) is 5.82 Å². The van der Waals surface area contributed by atoms with Gasteiger partial charge in [-0.2, -0.15) is 0 Å². The fourth-order valence-electron chi connectivity index (χ4n) is 4.08. The highest BCUT2D eigenvalue weighted by molar-refractivity contribution is 5.97. The van der Waals surface area contributed by atoms with Gasteiger partial charge in [0.15, 0.2) is 11.6 Å². The molecule has 0 aliphatic carbocycles. The van der Waals surface area contributed by atoms with E-state index >= 15 is 0 Å². The van der Waals surface area contributed by atoms with Crippen molar-refractivity contribution in [2.24, 2.45) is 0 Å². The van der Waals surface area contributed by atoms with Crippen molar-refractivity contribution in [3.63, 3.8) is 0 Å². The summed E-state index contributed by atoms with van der Waals surface area (Å²) in [7, 11) is 0. The summed E-state index contributed by atoms with van der Waals surface area (Å²) >= 11 is 0. The number of anilines is 1. The van der Waals surface area contributed by atoms with Crippen molar-refractivity contribution < 1.29 is 4.79 Å². The fraction of sp³-hybridized carbons (Fsp3) is 0.217. The molecule has 150 valence electrons. The molecular weight excluding hydrogens is 376 g/mol. The lowest BCUT2D eigenvalue weighted by Crippen LogP contribution is -2.54.